The van der Waals surface area contributed by atoms with E-state index in [9.17, 15) is 22.4 Å². The van der Waals surface area contributed by atoms with Crippen LogP contribution in [-0.4, -0.2) is 57.1 Å². The highest BCUT2D eigenvalue weighted by Gasteiger charge is 2.35. The topological polar surface area (TPSA) is 96.0 Å². The SMILES string of the molecule is CCNC(=O)[C@H](Cc1ccccc1)N(Cc1ccccc1F)C(=O)CN(c1ccc(OCC)cc1)S(=O)(=O)c1ccc(SC)cc1. The number of anilines is 1. The van der Waals surface area contributed by atoms with Crippen molar-refractivity contribution in [1.29, 1.82) is 0 Å². The van der Waals surface area contributed by atoms with Gasteiger partial charge in [-0.1, -0.05) is 48.5 Å². The minimum absolute atomic E-state index is 0.00259. The average molecular weight is 664 g/mol. The van der Waals surface area contributed by atoms with Gasteiger partial charge in [-0.3, -0.25) is 13.9 Å². The molecule has 2 amide bonds. The van der Waals surface area contributed by atoms with Gasteiger partial charge in [0.2, 0.25) is 11.8 Å². The van der Waals surface area contributed by atoms with E-state index in [1.165, 1.54) is 34.9 Å². The molecule has 0 saturated heterocycles. The zero-order valence-corrected chi connectivity index (χ0v) is 27.7. The molecule has 0 unspecified atom stereocenters. The largest absolute Gasteiger partial charge is 0.494 e. The van der Waals surface area contributed by atoms with Gasteiger partial charge in [0.25, 0.3) is 10.0 Å². The van der Waals surface area contributed by atoms with Crippen LogP contribution in [0, 0.1) is 5.82 Å². The number of amides is 2. The molecule has 11 heteroatoms. The third-order valence-corrected chi connectivity index (χ3v) is 9.81. The predicted molar refractivity (Wildman–Crippen MR) is 180 cm³/mol. The second kappa shape index (κ2) is 16.3. The average Bonchev–Trinajstić information content (AvgIpc) is 3.07. The molecule has 8 nitrogen and oxygen atoms in total. The third kappa shape index (κ3) is 8.67. The van der Waals surface area contributed by atoms with E-state index in [4.69, 9.17) is 4.74 Å². The standard InChI is InChI=1S/C35H38FN3O5S2/c1-4-37-35(41)33(23-26-11-7-6-8-12-26)38(24-27-13-9-10-14-32(27)36)34(40)25-39(28-15-17-29(18-16-28)44-5-2)46(42,43)31-21-19-30(45-3)20-22-31/h6-22,33H,4-5,23-25H2,1-3H3,(H,37,41)/t33-/m0/s1. The summed E-state index contributed by atoms with van der Waals surface area (Å²) >= 11 is 1.47. The second-order valence-electron chi connectivity index (χ2n) is 10.3. The fraction of sp³-hybridized carbons (Fsp3) is 0.257. The van der Waals surface area contributed by atoms with Gasteiger partial charge in [-0.15, -0.1) is 11.8 Å². The number of rotatable bonds is 15. The highest BCUT2D eigenvalue weighted by Crippen LogP contribution is 2.28. The number of thioether (sulfide) groups is 1. The Kier molecular flexibility index (Phi) is 12.2. The first-order valence-corrected chi connectivity index (χ1v) is 17.6. The Morgan fingerprint density at radius 2 is 1.54 bits per heavy atom. The summed E-state index contributed by atoms with van der Waals surface area (Å²) in [4.78, 5) is 30.1. The second-order valence-corrected chi connectivity index (χ2v) is 13.1. The summed E-state index contributed by atoms with van der Waals surface area (Å²) in [6.07, 6.45) is 2.03. The van der Waals surface area contributed by atoms with Crippen LogP contribution in [0.1, 0.15) is 25.0 Å². The van der Waals surface area contributed by atoms with E-state index in [0.717, 1.165) is 14.8 Å². The minimum Gasteiger partial charge on any atom is -0.494 e. The lowest BCUT2D eigenvalue weighted by atomic mass is 10.0. The Morgan fingerprint density at radius 3 is 2.15 bits per heavy atom. The van der Waals surface area contributed by atoms with Crippen LogP contribution in [0.3, 0.4) is 0 Å². The molecule has 1 atom stereocenters. The van der Waals surface area contributed by atoms with Crippen LogP contribution in [0.4, 0.5) is 10.1 Å². The smallest absolute Gasteiger partial charge is 0.264 e. The maximum absolute atomic E-state index is 15.0. The van der Waals surface area contributed by atoms with Gasteiger partial charge in [0.05, 0.1) is 17.2 Å². The number of nitrogens with one attached hydrogen (secondary N) is 1. The van der Waals surface area contributed by atoms with Crippen molar-refractivity contribution < 1.29 is 27.1 Å². The number of sulfonamides is 1. The highest BCUT2D eigenvalue weighted by atomic mass is 32.2. The normalized spacial score (nSPS) is 11.8. The molecule has 0 aliphatic heterocycles. The number of likely N-dealkylation sites (N-methyl/N-ethyl adjacent to an activating group) is 1. The maximum Gasteiger partial charge on any atom is 0.264 e. The monoisotopic (exact) mass is 663 g/mol. The molecule has 0 saturated carbocycles. The first kappa shape index (κ1) is 34.5. The molecule has 0 aliphatic rings. The van der Waals surface area contributed by atoms with Gasteiger partial charge < -0.3 is 15.0 Å². The van der Waals surface area contributed by atoms with Crippen LogP contribution >= 0.6 is 11.8 Å². The molecular weight excluding hydrogens is 626 g/mol. The van der Waals surface area contributed by atoms with Gasteiger partial charge in [-0.25, -0.2) is 12.8 Å². The summed E-state index contributed by atoms with van der Waals surface area (Å²) in [5.74, 6) is -1.10. The Balaban J connectivity index is 1.80. The summed E-state index contributed by atoms with van der Waals surface area (Å²) in [6, 6.07) is 26.9. The summed E-state index contributed by atoms with van der Waals surface area (Å²) in [7, 11) is -4.27. The van der Waals surface area contributed by atoms with E-state index >= 15 is 0 Å². The maximum atomic E-state index is 15.0. The van der Waals surface area contributed by atoms with E-state index in [0.29, 0.717) is 18.9 Å². The summed E-state index contributed by atoms with van der Waals surface area (Å²) in [5, 5.41) is 2.80. The molecule has 1 N–H and O–H groups in total. The minimum atomic E-state index is -4.27. The summed E-state index contributed by atoms with van der Waals surface area (Å²) in [6.45, 7) is 3.45. The quantitative estimate of drug-likeness (QED) is 0.159. The van der Waals surface area contributed by atoms with Crippen molar-refractivity contribution in [3.8, 4) is 5.75 Å². The molecule has 46 heavy (non-hydrogen) atoms. The number of benzene rings is 4. The van der Waals surface area contributed by atoms with Gasteiger partial charge in [0.1, 0.15) is 24.2 Å². The highest BCUT2D eigenvalue weighted by molar-refractivity contribution is 7.98. The molecule has 242 valence electrons. The number of nitrogens with zero attached hydrogens (tertiary/aromatic N) is 2. The van der Waals surface area contributed by atoms with E-state index in [2.05, 4.69) is 5.32 Å². The number of halogens is 1. The Morgan fingerprint density at radius 1 is 0.891 bits per heavy atom. The van der Waals surface area contributed by atoms with Crippen molar-refractivity contribution >= 4 is 39.3 Å². The summed E-state index contributed by atoms with van der Waals surface area (Å²) < 4.78 is 49.9. The molecule has 4 aromatic rings. The fourth-order valence-corrected chi connectivity index (χ4v) is 6.76. The van der Waals surface area contributed by atoms with Crippen LogP contribution < -0.4 is 14.4 Å². The lowest BCUT2D eigenvalue weighted by Gasteiger charge is -2.34. The molecule has 4 rings (SSSR count). The molecule has 0 fully saturated rings. The first-order valence-electron chi connectivity index (χ1n) is 14.9. The van der Waals surface area contributed by atoms with Crippen molar-refractivity contribution in [2.75, 3.05) is 30.3 Å². The molecule has 0 aromatic heterocycles. The number of hydrogen-bond acceptors (Lipinski definition) is 6. The first-order chi connectivity index (χ1) is 22.2. The van der Waals surface area contributed by atoms with Gasteiger partial charge in [-0.2, -0.15) is 0 Å². The number of hydrogen-bond donors (Lipinski definition) is 1. The van der Waals surface area contributed by atoms with Crippen molar-refractivity contribution in [2.45, 2.75) is 42.6 Å². The molecule has 4 aromatic carbocycles. The number of carbonyl (C=O) groups is 2. The lowest BCUT2D eigenvalue weighted by Crippen LogP contribution is -2.53. The van der Waals surface area contributed by atoms with Crippen molar-refractivity contribution in [1.82, 2.24) is 10.2 Å². The van der Waals surface area contributed by atoms with E-state index < -0.39 is 40.2 Å². The van der Waals surface area contributed by atoms with Crippen molar-refractivity contribution in [2.24, 2.45) is 0 Å². The Bertz CT molecular complexity index is 1700. The molecule has 0 aliphatic carbocycles. The third-order valence-electron chi connectivity index (χ3n) is 7.28. The van der Waals surface area contributed by atoms with Crippen LogP contribution in [0.5, 0.6) is 5.75 Å². The van der Waals surface area contributed by atoms with E-state index in [1.54, 1.807) is 61.5 Å². The lowest BCUT2D eigenvalue weighted by molar-refractivity contribution is -0.140. The Labute approximate surface area is 274 Å². The van der Waals surface area contributed by atoms with Crippen LogP contribution in [0.15, 0.2) is 113 Å². The zero-order chi connectivity index (χ0) is 33.1. The molecule has 0 radical (unpaired) electrons. The van der Waals surface area contributed by atoms with Crippen LogP contribution in [0.25, 0.3) is 0 Å². The Hall–Kier alpha value is -4.35. The van der Waals surface area contributed by atoms with Crippen LogP contribution in [-0.2, 0) is 32.6 Å². The van der Waals surface area contributed by atoms with Gasteiger partial charge in [0, 0.05) is 30.0 Å². The van der Waals surface area contributed by atoms with Gasteiger partial charge in [0.15, 0.2) is 0 Å². The molecule has 0 bridgehead atoms. The fourth-order valence-electron chi connectivity index (χ4n) is 4.94. The zero-order valence-electron chi connectivity index (χ0n) is 26.1. The van der Waals surface area contributed by atoms with E-state index in [1.807, 2.05) is 43.5 Å². The van der Waals surface area contributed by atoms with Crippen molar-refractivity contribution in [3.05, 3.63) is 120 Å². The summed E-state index contributed by atoms with van der Waals surface area (Å²) in [5.41, 5.74) is 1.21. The predicted octanol–water partition coefficient (Wildman–Crippen LogP) is 5.92. The number of ether oxygens (including phenoxy) is 1. The molecule has 0 heterocycles. The number of carbonyl (C=O) groups excluding carboxylic acids is 2. The molecule has 0 spiro atoms. The van der Waals surface area contributed by atoms with E-state index in [-0.39, 0.29) is 29.1 Å². The van der Waals surface area contributed by atoms with Gasteiger partial charge in [-0.05, 0) is 80.3 Å². The van der Waals surface area contributed by atoms with Crippen LogP contribution in [0.2, 0.25) is 0 Å². The molecular formula is C35H38FN3O5S2. The van der Waals surface area contributed by atoms with Crippen molar-refractivity contribution in [3.63, 3.8) is 0 Å². The van der Waals surface area contributed by atoms with Gasteiger partial charge >= 0.3 is 0 Å².